The minimum atomic E-state index is 0.272. The molecule has 0 amide bonds. The molecule has 0 aliphatic carbocycles. The third-order valence-electron chi connectivity index (χ3n) is 5.27. The van der Waals surface area contributed by atoms with Crippen molar-refractivity contribution in [1.29, 1.82) is 0 Å². The highest BCUT2D eigenvalue weighted by Gasteiger charge is 2.24. The molecule has 5 nitrogen and oxygen atoms in total. The van der Waals surface area contributed by atoms with Crippen LogP contribution in [0, 0.1) is 6.92 Å². The smallest absolute Gasteiger partial charge is 0.245 e. The highest BCUT2D eigenvalue weighted by atomic mass is 16.5. The van der Waals surface area contributed by atoms with Crippen molar-refractivity contribution in [3.63, 3.8) is 0 Å². The van der Waals surface area contributed by atoms with E-state index in [1.54, 1.807) is 7.11 Å². The van der Waals surface area contributed by atoms with Crippen molar-refractivity contribution in [3.8, 4) is 17.1 Å². The number of aryl methyl sites for hydroxylation is 2. The van der Waals surface area contributed by atoms with Gasteiger partial charge in [-0.3, -0.25) is 0 Å². The van der Waals surface area contributed by atoms with Gasteiger partial charge in [-0.05, 0) is 49.1 Å². The molecule has 0 saturated carbocycles. The van der Waals surface area contributed by atoms with Crippen LogP contribution in [0.4, 0.5) is 5.95 Å². The Bertz CT molecular complexity index is 920. The normalized spacial score (nSPS) is 12.0. The number of rotatable bonds is 9. The van der Waals surface area contributed by atoms with Crippen molar-refractivity contribution >= 4 is 5.95 Å². The zero-order valence-corrected chi connectivity index (χ0v) is 18.2. The molecule has 0 bridgehead atoms. The molecular weight excluding hydrogens is 360 g/mol. The average Bonchev–Trinajstić information content (AvgIpc) is 3.12. The SMILES string of the molecule is CCC[C@@H](c1ccccc1)N(CCC)c1nc(-c2ccc(OC)cc2C)n(C)n1. The quantitative estimate of drug-likeness (QED) is 0.478. The lowest BCUT2D eigenvalue weighted by Gasteiger charge is -2.31. The summed E-state index contributed by atoms with van der Waals surface area (Å²) >= 11 is 0. The molecule has 154 valence electrons. The lowest BCUT2D eigenvalue weighted by atomic mass is 10.0. The van der Waals surface area contributed by atoms with Crippen LogP contribution in [0.25, 0.3) is 11.4 Å². The summed E-state index contributed by atoms with van der Waals surface area (Å²) in [6.07, 6.45) is 3.22. The fourth-order valence-electron chi connectivity index (χ4n) is 3.83. The fourth-order valence-corrected chi connectivity index (χ4v) is 3.83. The first-order chi connectivity index (χ1) is 14.1. The maximum absolute atomic E-state index is 5.35. The molecule has 1 heterocycles. The summed E-state index contributed by atoms with van der Waals surface area (Å²) < 4.78 is 7.24. The number of hydrogen-bond donors (Lipinski definition) is 0. The Labute approximate surface area is 174 Å². The van der Waals surface area contributed by atoms with E-state index in [1.165, 1.54) is 5.56 Å². The molecule has 2 aromatic carbocycles. The maximum Gasteiger partial charge on any atom is 0.245 e. The molecule has 0 spiro atoms. The molecule has 5 heteroatoms. The number of methoxy groups -OCH3 is 1. The van der Waals surface area contributed by atoms with Gasteiger partial charge in [-0.25, -0.2) is 4.68 Å². The van der Waals surface area contributed by atoms with Crippen molar-refractivity contribution in [2.75, 3.05) is 18.6 Å². The van der Waals surface area contributed by atoms with E-state index in [-0.39, 0.29) is 6.04 Å². The topological polar surface area (TPSA) is 43.2 Å². The lowest BCUT2D eigenvalue weighted by molar-refractivity contribution is 0.414. The van der Waals surface area contributed by atoms with Gasteiger partial charge in [0.05, 0.1) is 13.2 Å². The predicted octanol–water partition coefficient (Wildman–Crippen LogP) is 5.56. The van der Waals surface area contributed by atoms with Crippen LogP contribution in [0.3, 0.4) is 0 Å². The van der Waals surface area contributed by atoms with Gasteiger partial charge in [-0.2, -0.15) is 4.98 Å². The van der Waals surface area contributed by atoms with Crippen LogP contribution in [-0.2, 0) is 7.05 Å². The molecule has 0 fully saturated rings. The number of anilines is 1. The van der Waals surface area contributed by atoms with E-state index in [1.807, 2.05) is 23.9 Å². The summed E-state index contributed by atoms with van der Waals surface area (Å²) in [6.45, 7) is 7.45. The molecule has 1 aromatic heterocycles. The second-order valence-corrected chi connectivity index (χ2v) is 7.45. The minimum Gasteiger partial charge on any atom is -0.497 e. The Kier molecular flexibility index (Phi) is 6.91. The van der Waals surface area contributed by atoms with Gasteiger partial charge in [-0.15, -0.1) is 5.10 Å². The van der Waals surface area contributed by atoms with Crippen molar-refractivity contribution in [2.45, 2.75) is 46.1 Å². The first-order valence-corrected chi connectivity index (χ1v) is 10.5. The van der Waals surface area contributed by atoms with E-state index in [4.69, 9.17) is 14.8 Å². The fraction of sp³-hybridized carbons (Fsp3) is 0.417. The largest absolute Gasteiger partial charge is 0.497 e. The Hall–Kier alpha value is -2.82. The second-order valence-electron chi connectivity index (χ2n) is 7.45. The summed E-state index contributed by atoms with van der Waals surface area (Å²) in [4.78, 5) is 7.34. The summed E-state index contributed by atoms with van der Waals surface area (Å²) in [6, 6.07) is 17.1. The van der Waals surface area contributed by atoms with Gasteiger partial charge in [-0.1, -0.05) is 50.6 Å². The molecule has 0 saturated heterocycles. The van der Waals surface area contributed by atoms with Crippen LogP contribution in [0.2, 0.25) is 0 Å². The highest BCUT2D eigenvalue weighted by Crippen LogP contribution is 2.32. The van der Waals surface area contributed by atoms with E-state index >= 15 is 0 Å². The van der Waals surface area contributed by atoms with Crippen molar-refractivity contribution in [2.24, 2.45) is 7.05 Å². The zero-order chi connectivity index (χ0) is 20.8. The van der Waals surface area contributed by atoms with Crippen LogP contribution in [0.15, 0.2) is 48.5 Å². The third-order valence-corrected chi connectivity index (χ3v) is 5.27. The minimum absolute atomic E-state index is 0.272. The van der Waals surface area contributed by atoms with Crippen LogP contribution < -0.4 is 9.64 Å². The van der Waals surface area contributed by atoms with Crippen LogP contribution in [0.5, 0.6) is 5.75 Å². The highest BCUT2D eigenvalue weighted by molar-refractivity contribution is 5.63. The molecule has 0 N–H and O–H groups in total. The Morgan fingerprint density at radius 2 is 1.83 bits per heavy atom. The standard InChI is InChI=1S/C24H32N4O/c1-6-11-22(19-12-9-8-10-13-19)28(16-7-2)24-25-23(27(4)26-24)21-15-14-20(29-5)17-18(21)3/h8-10,12-15,17,22H,6-7,11,16H2,1-5H3/t22-/m0/s1. The van der Waals surface area contributed by atoms with E-state index in [0.29, 0.717) is 0 Å². The number of hydrogen-bond acceptors (Lipinski definition) is 4. The summed E-state index contributed by atoms with van der Waals surface area (Å²) in [7, 11) is 3.66. The molecule has 0 unspecified atom stereocenters. The number of benzene rings is 2. The summed E-state index contributed by atoms with van der Waals surface area (Å²) in [5.41, 5.74) is 3.52. The second kappa shape index (κ2) is 9.59. The summed E-state index contributed by atoms with van der Waals surface area (Å²) in [5.74, 6) is 2.53. The van der Waals surface area contributed by atoms with E-state index in [0.717, 1.165) is 54.5 Å². The van der Waals surface area contributed by atoms with Crippen molar-refractivity contribution in [3.05, 3.63) is 59.7 Å². The Morgan fingerprint density at radius 1 is 1.07 bits per heavy atom. The Balaban J connectivity index is 2.01. The average molecular weight is 393 g/mol. The predicted molar refractivity (Wildman–Crippen MR) is 119 cm³/mol. The number of ether oxygens (including phenoxy) is 1. The van der Waals surface area contributed by atoms with Gasteiger partial charge in [0.1, 0.15) is 5.75 Å². The van der Waals surface area contributed by atoms with Crippen LogP contribution in [-0.4, -0.2) is 28.4 Å². The molecule has 29 heavy (non-hydrogen) atoms. The zero-order valence-electron chi connectivity index (χ0n) is 18.2. The van der Waals surface area contributed by atoms with Crippen molar-refractivity contribution in [1.82, 2.24) is 14.8 Å². The van der Waals surface area contributed by atoms with Crippen LogP contribution >= 0.6 is 0 Å². The van der Waals surface area contributed by atoms with Crippen molar-refractivity contribution < 1.29 is 4.74 Å². The van der Waals surface area contributed by atoms with Gasteiger partial charge >= 0.3 is 0 Å². The number of nitrogens with zero attached hydrogens (tertiary/aromatic N) is 4. The monoisotopic (exact) mass is 392 g/mol. The van der Waals surface area contributed by atoms with E-state index in [9.17, 15) is 0 Å². The molecule has 0 aliphatic rings. The third kappa shape index (κ3) is 4.61. The van der Waals surface area contributed by atoms with E-state index < -0.39 is 0 Å². The summed E-state index contributed by atoms with van der Waals surface area (Å²) in [5, 5.41) is 4.82. The maximum atomic E-state index is 5.35. The first kappa shape index (κ1) is 20.9. The van der Waals surface area contributed by atoms with Gasteiger partial charge in [0, 0.05) is 19.2 Å². The lowest BCUT2D eigenvalue weighted by Crippen LogP contribution is -2.30. The number of aromatic nitrogens is 3. The molecular formula is C24H32N4O. The Morgan fingerprint density at radius 3 is 2.45 bits per heavy atom. The molecule has 1 atom stereocenters. The van der Waals surface area contributed by atoms with Gasteiger partial charge in [0.2, 0.25) is 5.95 Å². The molecule has 0 aliphatic heterocycles. The van der Waals surface area contributed by atoms with Crippen LogP contribution in [0.1, 0.15) is 50.3 Å². The molecule has 0 radical (unpaired) electrons. The van der Waals surface area contributed by atoms with Gasteiger partial charge in [0.25, 0.3) is 0 Å². The molecule has 3 rings (SSSR count). The first-order valence-electron chi connectivity index (χ1n) is 10.5. The van der Waals surface area contributed by atoms with Gasteiger partial charge in [0.15, 0.2) is 5.82 Å². The molecule has 3 aromatic rings. The van der Waals surface area contributed by atoms with Gasteiger partial charge < -0.3 is 9.64 Å². The van der Waals surface area contributed by atoms with E-state index in [2.05, 4.69) is 62.1 Å².